The largest absolute Gasteiger partial charge is 0.294 e. The summed E-state index contributed by atoms with van der Waals surface area (Å²) >= 11 is 0. The van der Waals surface area contributed by atoms with E-state index in [9.17, 15) is 4.79 Å². The standard InChI is InChI=1S/C13H10.C10H10O.C10H16.C10H18.C10H8.C9H10.C8H8.C8H16.C7H14.2C6H12.C6H10.C6H8.2C5H10.C4H8.C3H6/c1-3-7-12-10(5-1)9-11-6-2-4-8-13(11)12;11-10-7-3-5-8-4-1-2-6-9(8)10;1-7-2-9-4-8(1)5-10(3-7)6-9;2*1-2-6-10-8-4-3-7-9(10)5-1;1-2-5-9-7-3-6-8(9)4-1;1-2-4-8-6-5-7(8)3-1;1-2-4-6-8-7-5-3-1;1-2-4-6-7-5-3-1;4*1-2-4-6-5-3-1;2*1-2-4-5-3-1;1-2-4-3-1;1-2-3-1/h1-8H,9H2;1-2,4,6H,3,5,7H2;7-10H,1-6H2;9-10H,1-8H2;1-8H;1-2,4-5H,3,6-7H2;1-4H,5-6H2;1-8H2;1-7H2;2*1-6H2;1-2H,3-6H2;1-4H,5-6H2;2*1-5H2;1-4H2;1-3H2. The molecule has 7 aromatic carbocycles. The summed E-state index contributed by atoms with van der Waals surface area (Å²) in [6, 6.07) is 59.3. The zero-order valence-corrected chi connectivity index (χ0v) is 81.6. The molecule has 696 valence electrons. The normalized spacial score (nSPS) is 23.4. The number of carbonyl (C=O) groups excluding carboxylic acids is 1. The highest BCUT2D eigenvalue weighted by molar-refractivity contribution is 5.98. The summed E-state index contributed by atoms with van der Waals surface area (Å²) in [7, 11) is 0. The number of hydrogen-bond acceptors (Lipinski definition) is 1. The number of rotatable bonds is 0. The van der Waals surface area contributed by atoms with E-state index in [4.69, 9.17) is 0 Å². The minimum Gasteiger partial charge on any atom is -0.294 e. The Labute approximate surface area is 782 Å². The maximum Gasteiger partial charge on any atom is 0.163 e. The first-order valence-corrected chi connectivity index (χ1v) is 55.4. The van der Waals surface area contributed by atoms with Crippen molar-refractivity contribution in [2.45, 2.75) is 469 Å². The second kappa shape index (κ2) is 67.8. The van der Waals surface area contributed by atoms with E-state index in [0.717, 1.165) is 43.1 Å². The van der Waals surface area contributed by atoms with Crippen molar-refractivity contribution < 1.29 is 4.79 Å². The fourth-order valence-corrected chi connectivity index (χ4v) is 22.4. The summed E-state index contributed by atoms with van der Waals surface area (Å²) in [6.07, 6.45) is 119. The Kier molecular flexibility index (Phi) is 54.9. The van der Waals surface area contributed by atoms with Crippen LogP contribution in [0.1, 0.15) is 479 Å². The van der Waals surface area contributed by atoms with Crippen LogP contribution < -0.4 is 0 Å². The van der Waals surface area contributed by atoms with Crippen LogP contribution in [0.2, 0.25) is 0 Å². The first kappa shape index (κ1) is 103. The third-order valence-corrected chi connectivity index (χ3v) is 30.4. The van der Waals surface area contributed by atoms with Gasteiger partial charge in [-0.1, -0.05) is 540 Å². The Balaban J connectivity index is 0.000000142. The lowest BCUT2D eigenvalue weighted by molar-refractivity contribution is 0.0198. The van der Waals surface area contributed by atoms with Gasteiger partial charge in [0, 0.05) is 12.0 Å². The molecule has 7 aromatic rings. The molecular formula is C126H186O. The topological polar surface area (TPSA) is 17.1 Å². The van der Waals surface area contributed by atoms with Gasteiger partial charge >= 0.3 is 0 Å². The van der Waals surface area contributed by atoms with E-state index in [-0.39, 0.29) is 0 Å². The lowest BCUT2D eigenvalue weighted by Crippen LogP contribution is -2.38. The van der Waals surface area contributed by atoms with Gasteiger partial charge in [0.05, 0.1) is 0 Å². The lowest BCUT2D eigenvalue weighted by atomic mass is 9.56. The molecular weight excluding hydrogens is 1530 g/mol. The number of aryl methyl sites for hydroxylation is 5. The first-order chi connectivity index (χ1) is 63.1. The third kappa shape index (κ3) is 45.1. The van der Waals surface area contributed by atoms with Crippen molar-refractivity contribution in [3.63, 3.8) is 0 Å². The Hall–Kier alpha value is -6.31. The quantitative estimate of drug-likeness (QED) is 0.109. The molecule has 0 radical (unpaired) electrons. The maximum atomic E-state index is 11.3. The summed E-state index contributed by atoms with van der Waals surface area (Å²) in [5, 5.41) is 2.62. The van der Waals surface area contributed by atoms with Crippen LogP contribution >= 0.6 is 0 Å². The Morgan fingerprint density at radius 2 is 0.394 bits per heavy atom. The Bertz CT molecular complexity index is 3590. The molecule has 0 spiro atoms. The summed E-state index contributed by atoms with van der Waals surface area (Å²) in [5.74, 6) is 7.33. The molecule has 0 aromatic heterocycles. The number of fused-ring (bicyclic) bond motifs is 8. The van der Waals surface area contributed by atoms with Gasteiger partial charge in [0.2, 0.25) is 0 Å². The second-order valence-corrected chi connectivity index (χ2v) is 41.4. The van der Waals surface area contributed by atoms with Gasteiger partial charge in [0.15, 0.2) is 5.78 Å². The van der Waals surface area contributed by atoms with Gasteiger partial charge in [-0.05, 0) is 225 Å². The molecule has 127 heavy (non-hydrogen) atoms. The van der Waals surface area contributed by atoms with Crippen LogP contribution in [0.15, 0.2) is 206 Å². The van der Waals surface area contributed by atoms with Crippen LogP contribution in [0, 0.1) is 35.5 Å². The molecule has 20 aliphatic rings. The van der Waals surface area contributed by atoms with Crippen molar-refractivity contribution in [2.24, 2.45) is 35.5 Å². The molecule has 0 aliphatic heterocycles. The maximum absolute atomic E-state index is 11.3. The van der Waals surface area contributed by atoms with E-state index in [2.05, 4.69) is 182 Å². The summed E-state index contributed by atoms with van der Waals surface area (Å²) in [5.41, 5.74) is 14.2. The van der Waals surface area contributed by atoms with Crippen molar-refractivity contribution >= 4 is 16.6 Å². The fraction of sp³-hybridized carbons (Fsp3) is 0.627. The zero-order chi connectivity index (χ0) is 87.6. The minimum absolute atomic E-state index is 0.312. The van der Waals surface area contributed by atoms with Crippen LogP contribution in [0.5, 0.6) is 0 Å². The van der Waals surface area contributed by atoms with Gasteiger partial charge in [-0.25, -0.2) is 0 Å². The first-order valence-electron chi connectivity index (χ1n) is 55.4. The predicted molar refractivity (Wildman–Crippen MR) is 559 cm³/mol. The van der Waals surface area contributed by atoms with Gasteiger partial charge in [-0.2, -0.15) is 0 Å². The number of ketones is 1. The summed E-state index contributed by atoms with van der Waals surface area (Å²) < 4.78 is 0. The molecule has 20 aliphatic carbocycles. The molecule has 0 saturated heterocycles. The van der Waals surface area contributed by atoms with Crippen molar-refractivity contribution in [3.05, 3.63) is 251 Å². The predicted octanol–water partition coefficient (Wildman–Crippen LogP) is 39.6. The summed E-state index contributed by atoms with van der Waals surface area (Å²) in [6.45, 7) is 0. The van der Waals surface area contributed by atoms with Gasteiger partial charge < -0.3 is 0 Å². The highest BCUT2D eigenvalue weighted by Crippen LogP contribution is 2.53. The molecule has 14 saturated carbocycles. The number of benzene rings is 7. The molecule has 0 atom stereocenters. The highest BCUT2D eigenvalue weighted by Gasteiger charge is 2.42. The molecule has 14 fully saturated rings. The average Bonchev–Trinajstić information content (AvgIpc) is 1.78. The third-order valence-electron chi connectivity index (χ3n) is 30.4. The second-order valence-electron chi connectivity index (χ2n) is 41.4. The van der Waals surface area contributed by atoms with E-state index >= 15 is 0 Å². The summed E-state index contributed by atoms with van der Waals surface area (Å²) in [4.78, 5) is 11.3. The van der Waals surface area contributed by atoms with Crippen LogP contribution in [0.4, 0.5) is 0 Å². The van der Waals surface area contributed by atoms with Crippen LogP contribution in [-0.2, 0) is 38.5 Å². The number of Topliss-reactive ketones (excluding diaryl/α,β-unsaturated/α-hetero) is 1. The van der Waals surface area contributed by atoms with Crippen LogP contribution in [0.25, 0.3) is 21.9 Å². The molecule has 0 amide bonds. The lowest BCUT2D eigenvalue weighted by Gasteiger charge is -2.49. The van der Waals surface area contributed by atoms with E-state index in [1.165, 1.54) is 441 Å². The van der Waals surface area contributed by atoms with E-state index in [0.29, 0.717) is 5.78 Å². The molecule has 1 nitrogen and oxygen atoms in total. The van der Waals surface area contributed by atoms with Gasteiger partial charge in [0.25, 0.3) is 0 Å². The van der Waals surface area contributed by atoms with Crippen molar-refractivity contribution in [2.75, 3.05) is 0 Å². The zero-order valence-electron chi connectivity index (χ0n) is 81.6. The molecule has 4 bridgehead atoms. The van der Waals surface area contributed by atoms with Crippen molar-refractivity contribution in [3.8, 4) is 11.1 Å². The number of allylic oxidation sites excluding steroid dienone is 6. The molecule has 27 rings (SSSR count). The molecule has 1 heteroatoms. The SMILES string of the molecule is C1=CCCC=C1.C1=CCCCC1.C1C2CC3CC1CC(C2)C3.C1CC1.C1CCC1.C1CCC2CCCCC2C1.C1CCCC1.C1CCCC1.C1CCCCC1.C1CCCCC1.C1CCCCCC1.C1CCCCCCC1.O=C1CCCc2ccccc21.c1ccc2c(c1)CC2.c1ccc2c(c1)CCC2.c1ccc2c(c1)Cc1ccccc1-2.c1ccc2ccccc2c1. The van der Waals surface area contributed by atoms with E-state index in [1.54, 1.807) is 86.5 Å². The number of carbonyl (C=O) groups is 1. The molecule has 0 unspecified atom stereocenters. The van der Waals surface area contributed by atoms with Crippen molar-refractivity contribution in [1.29, 1.82) is 0 Å². The monoisotopic (exact) mass is 1720 g/mol. The van der Waals surface area contributed by atoms with E-state index in [1.807, 2.05) is 24.3 Å². The molecule has 0 heterocycles. The van der Waals surface area contributed by atoms with Gasteiger partial charge in [-0.3, -0.25) is 4.79 Å². The van der Waals surface area contributed by atoms with Crippen molar-refractivity contribution in [1.82, 2.24) is 0 Å². The smallest absolute Gasteiger partial charge is 0.163 e. The average molecular weight is 1720 g/mol. The fourth-order valence-electron chi connectivity index (χ4n) is 22.4. The van der Waals surface area contributed by atoms with Crippen LogP contribution in [0.3, 0.4) is 0 Å². The Morgan fingerprint density at radius 1 is 0.173 bits per heavy atom. The van der Waals surface area contributed by atoms with Gasteiger partial charge in [0.1, 0.15) is 0 Å². The minimum atomic E-state index is 0.312. The van der Waals surface area contributed by atoms with E-state index < -0.39 is 0 Å². The Morgan fingerprint density at radius 3 is 0.622 bits per heavy atom. The number of hydrogen-bond donors (Lipinski definition) is 0. The molecule has 0 N–H and O–H groups in total. The van der Waals surface area contributed by atoms with Gasteiger partial charge in [-0.15, -0.1) is 0 Å². The highest BCUT2D eigenvalue weighted by atomic mass is 16.1. The van der Waals surface area contributed by atoms with Crippen LogP contribution in [-0.4, -0.2) is 5.78 Å².